The zero-order valence-electron chi connectivity index (χ0n) is 13.7. The summed E-state index contributed by atoms with van der Waals surface area (Å²) in [5.74, 6) is 0.199. The number of benzene rings is 2. The zero-order chi connectivity index (χ0) is 17.8. The van der Waals surface area contributed by atoms with Gasteiger partial charge in [0.05, 0.1) is 0 Å². The maximum atomic E-state index is 12.4. The van der Waals surface area contributed by atoms with Crippen LogP contribution in [0.3, 0.4) is 0 Å². The molecule has 0 aliphatic carbocycles. The number of nitrogens with zero attached hydrogens (tertiary/aromatic N) is 1. The van der Waals surface area contributed by atoms with E-state index >= 15 is 0 Å². The van der Waals surface area contributed by atoms with Crippen LogP contribution in [0.4, 0.5) is 0 Å². The molecule has 1 amide bonds. The minimum absolute atomic E-state index is 0.168. The molecule has 0 spiro atoms. The van der Waals surface area contributed by atoms with Gasteiger partial charge in [-0.25, -0.2) is 4.98 Å². The lowest BCUT2D eigenvalue weighted by atomic mass is 10.1. The van der Waals surface area contributed by atoms with E-state index in [2.05, 4.69) is 10.3 Å². The second kappa shape index (κ2) is 7.09. The molecule has 3 N–H and O–H groups in total. The second-order valence-corrected chi connectivity index (χ2v) is 5.61. The molecule has 2 aromatic carbocycles. The summed E-state index contributed by atoms with van der Waals surface area (Å²) in [6.45, 7) is 2.06. The van der Waals surface area contributed by atoms with Crippen molar-refractivity contribution in [3.63, 3.8) is 0 Å². The molecule has 1 aromatic heterocycles. The molecule has 0 unspecified atom stereocenters. The normalized spacial score (nSPS) is 10.6. The van der Waals surface area contributed by atoms with Crippen LogP contribution in [0.25, 0.3) is 11.3 Å². The monoisotopic (exact) mass is 338 g/mol. The van der Waals surface area contributed by atoms with E-state index < -0.39 is 0 Å². The summed E-state index contributed by atoms with van der Waals surface area (Å²) >= 11 is 0. The Labute approximate surface area is 144 Å². The average molecular weight is 338 g/mol. The molecule has 3 aromatic rings. The van der Waals surface area contributed by atoms with Crippen molar-refractivity contribution >= 4 is 5.91 Å². The number of rotatable bonds is 5. The molecular weight excluding hydrogens is 320 g/mol. The Morgan fingerprint density at radius 3 is 2.60 bits per heavy atom. The summed E-state index contributed by atoms with van der Waals surface area (Å²) in [7, 11) is 0. The van der Waals surface area contributed by atoms with Gasteiger partial charge in [0.25, 0.3) is 5.91 Å². The van der Waals surface area contributed by atoms with Gasteiger partial charge in [0, 0.05) is 19.0 Å². The summed E-state index contributed by atoms with van der Waals surface area (Å²) < 4.78 is 5.58. The predicted molar refractivity (Wildman–Crippen MR) is 92.5 cm³/mol. The van der Waals surface area contributed by atoms with Crippen LogP contribution in [0.1, 0.15) is 21.9 Å². The van der Waals surface area contributed by atoms with Gasteiger partial charge in [-0.05, 0) is 24.1 Å². The van der Waals surface area contributed by atoms with Crippen molar-refractivity contribution in [2.75, 3.05) is 6.54 Å². The van der Waals surface area contributed by atoms with Crippen molar-refractivity contribution in [3.05, 3.63) is 65.7 Å². The number of hydrogen-bond acceptors (Lipinski definition) is 5. The maximum Gasteiger partial charge on any atom is 0.273 e. The number of hydrogen-bond donors (Lipinski definition) is 3. The van der Waals surface area contributed by atoms with Gasteiger partial charge in [0.15, 0.2) is 28.8 Å². The second-order valence-electron chi connectivity index (χ2n) is 5.61. The molecule has 1 heterocycles. The van der Waals surface area contributed by atoms with Crippen molar-refractivity contribution in [1.82, 2.24) is 10.3 Å². The largest absolute Gasteiger partial charge is 0.504 e. The van der Waals surface area contributed by atoms with E-state index in [1.54, 1.807) is 13.0 Å². The minimum atomic E-state index is -0.321. The highest BCUT2D eigenvalue weighted by Crippen LogP contribution is 2.26. The van der Waals surface area contributed by atoms with E-state index in [4.69, 9.17) is 4.42 Å². The Kier molecular flexibility index (Phi) is 4.70. The van der Waals surface area contributed by atoms with Crippen LogP contribution >= 0.6 is 0 Å². The van der Waals surface area contributed by atoms with Gasteiger partial charge in [0.1, 0.15) is 0 Å². The topological polar surface area (TPSA) is 95.6 Å². The highest BCUT2D eigenvalue weighted by atomic mass is 16.4. The number of aromatic nitrogens is 1. The smallest absolute Gasteiger partial charge is 0.273 e. The zero-order valence-corrected chi connectivity index (χ0v) is 13.7. The lowest BCUT2D eigenvalue weighted by Crippen LogP contribution is -2.26. The third kappa shape index (κ3) is 3.80. The molecule has 0 bridgehead atoms. The van der Waals surface area contributed by atoms with E-state index in [9.17, 15) is 15.0 Å². The van der Waals surface area contributed by atoms with Crippen LogP contribution in [0.2, 0.25) is 0 Å². The van der Waals surface area contributed by atoms with Crippen molar-refractivity contribution in [1.29, 1.82) is 0 Å². The number of phenolic OH excluding ortho intramolecular Hbond substituents is 2. The fourth-order valence-electron chi connectivity index (χ4n) is 2.49. The Morgan fingerprint density at radius 1 is 1.12 bits per heavy atom. The lowest BCUT2D eigenvalue weighted by molar-refractivity contribution is 0.0950. The standard InChI is InChI=1S/C19H18N2O4/c1-12-21-17(18(25-12)14-5-3-2-4-6-14)19(24)20-10-9-13-7-8-15(22)16(23)11-13/h2-8,11,22-23H,9-10H2,1H3,(H,20,24). The Balaban J connectivity index is 1.68. The summed E-state index contributed by atoms with van der Waals surface area (Å²) in [5.41, 5.74) is 1.84. The first-order valence-electron chi connectivity index (χ1n) is 7.86. The van der Waals surface area contributed by atoms with Crippen LogP contribution in [0.15, 0.2) is 52.9 Å². The number of nitrogens with one attached hydrogen (secondary N) is 1. The van der Waals surface area contributed by atoms with Crippen LogP contribution in [0.5, 0.6) is 11.5 Å². The van der Waals surface area contributed by atoms with Crippen molar-refractivity contribution in [2.45, 2.75) is 13.3 Å². The molecule has 6 nitrogen and oxygen atoms in total. The third-order valence-corrected chi connectivity index (χ3v) is 3.72. The quantitative estimate of drug-likeness (QED) is 0.622. The molecule has 25 heavy (non-hydrogen) atoms. The van der Waals surface area contributed by atoms with Gasteiger partial charge in [-0.2, -0.15) is 0 Å². The summed E-state index contributed by atoms with van der Waals surface area (Å²) in [5, 5.41) is 21.6. The van der Waals surface area contributed by atoms with E-state index in [1.807, 2.05) is 30.3 Å². The molecule has 0 aliphatic heterocycles. The number of phenols is 2. The van der Waals surface area contributed by atoms with Crippen LogP contribution in [-0.2, 0) is 6.42 Å². The SMILES string of the molecule is Cc1nc(C(=O)NCCc2ccc(O)c(O)c2)c(-c2ccccc2)o1. The summed E-state index contributed by atoms with van der Waals surface area (Å²) in [4.78, 5) is 16.6. The Hall–Kier alpha value is -3.28. The fourth-order valence-corrected chi connectivity index (χ4v) is 2.49. The van der Waals surface area contributed by atoms with Crippen LogP contribution in [0, 0.1) is 6.92 Å². The van der Waals surface area contributed by atoms with Crippen molar-refractivity contribution < 1.29 is 19.4 Å². The molecule has 0 atom stereocenters. The van der Waals surface area contributed by atoms with E-state index in [1.165, 1.54) is 12.1 Å². The molecule has 0 fully saturated rings. The van der Waals surface area contributed by atoms with Gasteiger partial charge in [-0.15, -0.1) is 0 Å². The highest BCUT2D eigenvalue weighted by molar-refractivity contribution is 5.97. The fraction of sp³-hybridized carbons (Fsp3) is 0.158. The average Bonchev–Trinajstić information content (AvgIpc) is 3.01. The third-order valence-electron chi connectivity index (χ3n) is 3.72. The maximum absolute atomic E-state index is 12.4. The first-order chi connectivity index (χ1) is 12.0. The number of amides is 1. The van der Waals surface area contributed by atoms with Crippen molar-refractivity contribution in [2.24, 2.45) is 0 Å². The van der Waals surface area contributed by atoms with Gasteiger partial charge in [0.2, 0.25) is 0 Å². The molecule has 3 rings (SSSR count). The molecule has 0 radical (unpaired) electrons. The highest BCUT2D eigenvalue weighted by Gasteiger charge is 2.19. The number of oxazole rings is 1. The molecule has 0 aliphatic rings. The van der Waals surface area contributed by atoms with Gasteiger partial charge < -0.3 is 19.9 Å². The summed E-state index contributed by atoms with van der Waals surface area (Å²) in [6.07, 6.45) is 0.511. The minimum Gasteiger partial charge on any atom is -0.504 e. The van der Waals surface area contributed by atoms with Gasteiger partial charge in [-0.1, -0.05) is 36.4 Å². The first kappa shape index (κ1) is 16.6. The lowest BCUT2D eigenvalue weighted by Gasteiger charge is -2.06. The van der Waals surface area contributed by atoms with Gasteiger partial charge in [-0.3, -0.25) is 4.79 Å². The predicted octanol–water partition coefficient (Wildman–Crippen LogP) is 3.03. The molecule has 0 saturated heterocycles. The Morgan fingerprint density at radius 2 is 1.88 bits per heavy atom. The molecular formula is C19H18N2O4. The van der Waals surface area contributed by atoms with Crippen LogP contribution in [-0.4, -0.2) is 27.6 Å². The number of aromatic hydroxyl groups is 2. The number of carbonyl (C=O) groups is 1. The number of aryl methyl sites for hydroxylation is 1. The van der Waals surface area contributed by atoms with E-state index in [-0.39, 0.29) is 23.1 Å². The van der Waals surface area contributed by atoms with E-state index in [0.717, 1.165) is 11.1 Å². The van der Waals surface area contributed by atoms with E-state index in [0.29, 0.717) is 24.6 Å². The molecule has 6 heteroatoms. The van der Waals surface area contributed by atoms with Crippen LogP contribution < -0.4 is 5.32 Å². The molecule has 0 saturated carbocycles. The molecule has 128 valence electrons. The first-order valence-corrected chi connectivity index (χ1v) is 7.86. The summed E-state index contributed by atoms with van der Waals surface area (Å²) in [6, 6.07) is 13.9. The Bertz CT molecular complexity index is 888. The van der Waals surface area contributed by atoms with Crippen molar-refractivity contribution in [3.8, 4) is 22.8 Å². The number of carbonyl (C=O) groups excluding carboxylic acids is 1. The van der Waals surface area contributed by atoms with Gasteiger partial charge >= 0.3 is 0 Å².